The molecule has 0 atom stereocenters. The molecule has 0 spiro atoms. The van der Waals surface area contributed by atoms with Crippen molar-refractivity contribution in [1.29, 1.82) is 0 Å². The van der Waals surface area contributed by atoms with Gasteiger partial charge in [0.25, 0.3) is 0 Å². The zero-order valence-electron chi connectivity index (χ0n) is 9.72. The van der Waals surface area contributed by atoms with E-state index in [1.54, 1.807) is 6.20 Å². The van der Waals surface area contributed by atoms with Crippen LogP contribution in [0.5, 0.6) is 5.75 Å². The zero-order chi connectivity index (χ0) is 12.6. The lowest BCUT2D eigenvalue weighted by Gasteiger charge is -2.08. The highest BCUT2D eigenvalue weighted by molar-refractivity contribution is 5.89. The van der Waals surface area contributed by atoms with Gasteiger partial charge in [0, 0.05) is 24.2 Å². The molecule has 0 radical (unpaired) electrons. The largest absolute Gasteiger partial charge is 0.507 e. The number of H-pyrrole nitrogens is 1. The minimum Gasteiger partial charge on any atom is -0.507 e. The fourth-order valence-corrected chi connectivity index (χ4v) is 1.85. The molecule has 0 bridgehead atoms. The van der Waals surface area contributed by atoms with Crippen LogP contribution in [0.3, 0.4) is 0 Å². The number of aromatic amines is 1. The first-order valence-electron chi connectivity index (χ1n) is 5.32. The lowest BCUT2D eigenvalue weighted by atomic mass is 10.1. The third-order valence-corrected chi connectivity index (χ3v) is 2.74. The SMILES string of the molecule is CN(C)CCc1c[nH]c2c(F)c(F)cc(O)c12. The highest BCUT2D eigenvalue weighted by Gasteiger charge is 2.16. The number of nitrogens with zero attached hydrogens (tertiary/aromatic N) is 1. The molecule has 0 unspecified atom stereocenters. The molecule has 0 aliphatic rings. The Morgan fingerprint density at radius 1 is 1.35 bits per heavy atom. The Morgan fingerprint density at radius 2 is 2.06 bits per heavy atom. The van der Waals surface area contributed by atoms with Gasteiger partial charge in [-0.05, 0) is 26.1 Å². The minimum atomic E-state index is -1.05. The molecular formula is C12H14F2N2O. The van der Waals surface area contributed by atoms with Gasteiger partial charge in [0.2, 0.25) is 0 Å². The van der Waals surface area contributed by atoms with Crippen molar-refractivity contribution in [3.05, 3.63) is 29.5 Å². The summed E-state index contributed by atoms with van der Waals surface area (Å²) in [5.74, 6) is -2.22. The molecule has 2 N–H and O–H groups in total. The summed E-state index contributed by atoms with van der Waals surface area (Å²) in [5, 5.41) is 10.0. The summed E-state index contributed by atoms with van der Waals surface area (Å²) < 4.78 is 26.5. The van der Waals surface area contributed by atoms with E-state index in [-0.39, 0.29) is 11.3 Å². The average Bonchev–Trinajstić information content (AvgIpc) is 2.67. The first-order chi connectivity index (χ1) is 8.00. The number of benzene rings is 1. The summed E-state index contributed by atoms with van der Waals surface area (Å²) in [6.07, 6.45) is 2.27. The summed E-state index contributed by atoms with van der Waals surface area (Å²) in [6.45, 7) is 0.769. The van der Waals surface area contributed by atoms with Gasteiger partial charge in [0.05, 0.1) is 5.52 Å². The number of aromatic hydroxyl groups is 1. The summed E-state index contributed by atoms with van der Waals surface area (Å²) in [4.78, 5) is 4.65. The molecule has 0 saturated carbocycles. The smallest absolute Gasteiger partial charge is 0.183 e. The highest BCUT2D eigenvalue weighted by Crippen LogP contribution is 2.31. The van der Waals surface area contributed by atoms with Gasteiger partial charge in [-0.1, -0.05) is 0 Å². The van der Waals surface area contributed by atoms with Crippen molar-refractivity contribution in [3.8, 4) is 5.75 Å². The van der Waals surface area contributed by atoms with Crippen LogP contribution in [0.15, 0.2) is 12.3 Å². The van der Waals surface area contributed by atoms with Gasteiger partial charge in [0.15, 0.2) is 11.6 Å². The van der Waals surface area contributed by atoms with E-state index in [1.165, 1.54) is 0 Å². The van der Waals surface area contributed by atoms with Crippen molar-refractivity contribution < 1.29 is 13.9 Å². The van der Waals surface area contributed by atoms with Gasteiger partial charge >= 0.3 is 0 Å². The van der Waals surface area contributed by atoms with Crippen LogP contribution in [-0.4, -0.2) is 35.6 Å². The second kappa shape index (κ2) is 4.33. The highest BCUT2D eigenvalue weighted by atomic mass is 19.2. The lowest BCUT2D eigenvalue weighted by Crippen LogP contribution is -2.14. The second-order valence-electron chi connectivity index (χ2n) is 4.31. The van der Waals surface area contributed by atoms with E-state index in [2.05, 4.69) is 4.98 Å². The Balaban J connectivity index is 2.49. The first kappa shape index (κ1) is 11.9. The van der Waals surface area contributed by atoms with Crippen LogP contribution >= 0.6 is 0 Å². The molecule has 92 valence electrons. The monoisotopic (exact) mass is 240 g/mol. The van der Waals surface area contributed by atoms with Crippen molar-refractivity contribution in [1.82, 2.24) is 9.88 Å². The minimum absolute atomic E-state index is 0.0243. The Hall–Kier alpha value is -1.62. The van der Waals surface area contributed by atoms with Gasteiger partial charge in [-0.15, -0.1) is 0 Å². The van der Waals surface area contributed by atoms with Crippen molar-refractivity contribution in [3.63, 3.8) is 0 Å². The Kier molecular flexibility index (Phi) is 3.02. The fourth-order valence-electron chi connectivity index (χ4n) is 1.85. The molecule has 17 heavy (non-hydrogen) atoms. The summed E-state index contributed by atoms with van der Waals surface area (Å²) in [5.41, 5.74) is 0.807. The summed E-state index contributed by atoms with van der Waals surface area (Å²) in [6, 6.07) is 0.810. The van der Waals surface area contributed by atoms with Crippen LogP contribution in [0.1, 0.15) is 5.56 Å². The second-order valence-corrected chi connectivity index (χ2v) is 4.31. The normalized spacial score (nSPS) is 11.6. The summed E-state index contributed by atoms with van der Waals surface area (Å²) in [7, 11) is 3.85. The van der Waals surface area contributed by atoms with E-state index in [4.69, 9.17) is 0 Å². The van der Waals surface area contributed by atoms with Crippen LogP contribution in [0, 0.1) is 11.6 Å². The lowest BCUT2D eigenvalue weighted by molar-refractivity contribution is 0.414. The molecule has 0 aliphatic carbocycles. The number of nitrogens with one attached hydrogen (secondary N) is 1. The van der Waals surface area contributed by atoms with E-state index in [0.29, 0.717) is 11.8 Å². The number of hydrogen-bond acceptors (Lipinski definition) is 2. The number of aromatic nitrogens is 1. The molecule has 2 rings (SSSR count). The van der Waals surface area contributed by atoms with Gasteiger partial charge in [0.1, 0.15) is 5.75 Å². The van der Waals surface area contributed by atoms with Crippen LogP contribution in [0.2, 0.25) is 0 Å². The van der Waals surface area contributed by atoms with Gasteiger partial charge < -0.3 is 15.0 Å². The van der Waals surface area contributed by atoms with E-state index in [9.17, 15) is 13.9 Å². The predicted octanol–water partition coefficient (Wildman–Crippen LogP) is 2.26. The zero-order valence-corrected chi connectivity index (χ0v) is 9.72. The predicted molar refractivity (Wildman–Crippen MR) is 62.1 cm³/mol. The number of phenols is 1. The number of hydrogen-bond donors (Lipinski definition) is 2. The molecular weight excluding hydrogens is 226 g/mol. The molecule has 5 heteroatoms. The van der Waals surface area contributed by atoms with Gasteiger partial charge in [-0.3, -0.25) is 0 Å². The molecule has 2 aromatic rings. The Morgan fingerprint density at radius 3 is 2.71 bits per heavy atom. The maximum absolute atomic E-state index is 13.5. The quantitative estimate of drug-likeness (QED) is 0.863. The molecule has 0 amide bonds. The van der Waals surface area contributed by atoms with Crippen molar-refractivity contribution in [2.45, 2.75) is 6.42 Å². The molecule has 0 aliphatic heterocycles. The fraction of sp³-hybridized carbons (Fsp3) is 0.333. The summed E-state index contributed by atoms with van der Waals surface area (Å²) >= 11 is 0. The van der Waals surface area contributed by atoms with Crippen molar-refractivity contribution in [2.24, 2.45) is 0 Å². The number of phenolic OH excluding ortho intramolecular Hbond substituents is 1. The maximum Gasteiger partial charge on any atom is 0.183 e. The average molecular weight is 240 g/mol. The van der Waals surface area contributed by atoms with Gasteiger partial charge in [-0.2, -0.15) is 0 Å². The molecule has 0 fully saturated rings. The van der Waals surface area contributed by atoms with Crippen LogP contribution in [0.4, 0.5) is 8.78 Å². The van der Waals surface area contributed by atoms with Crippen LogP contribution in [0.25, 0.3) is 10.9 Å². The Bertz CT molecular complexity index is 549. The molecule has 3 nitrogen and oxygen atoms in total. The van der Waals surface area contributed by atoms with Crippen molar-refractivity contribution in [2.75, 3.05) is 20.6 Å². The van der Waals surface area contributed by atoms with Gasteiger partial charge in [-0.25, -0.2) is 8.78 Å². The number of rotatable bonds is 3. The standard InChI is InChI=1S/C12H14F2N2O/c1-16(2)4-3-7-6-15-12-10(7)9(17)5-8(13)11(12)14/h5-6,15,17H,3-4H2,1-2H3. The van der Waals surface area contributed by atoms with Crippen LogP contribution < -0.4 is 0 Å². The third kappa shape index (κ3) is 2.10. The maximum atomic E-state index is 13.5. The molecule has 0 saturated heterocycles. The molecule has 1 heterocycles. The topological polar surface area (TPSA) is 39.3 Å². The van der Waals surface area contributed by atoms with E-state index in [1.807, 2.05) is 19.0 Å². The molecule has 1 aromatic carbocycles. The number of fused-ring (bicyclic) bond motifs is 1. The van der Waals surface area contributed by atoms with E-state index in [0.717, 1.165) is 18.2 Å². The first-order valence-corrected chi connectivity index (χ1v) is 5.32. The molecule has 1 aromatic heterocycles. The number of halogens is 2. The third-order valence-electron chi connectivity index (χ3n) is 2.74. The van der Waals surface area contributed by atoms with E-state index < -0.39 is 11.6 Å². The van der Waals surface area contributed by atoms with Crippen molar-refractivity contribution >= 4 is 10.9 Å². The Labute approximate surface area is 97.7 Å². The van der Waals surface area contributed by atoms with E-state index >= 15 is 0 Å². The number of likely N-dealkylation sites (N-methyl/N-ethyl adjacent to an activating group) is 1. The van der Waals surface area contributed by atoms with Crippen LogP contribution in [-0.2, 0) is 6.42 Å².